The number of nitrogens with two attached hydrogens (primary N) is 1. The summed E-state index contributed by atoms with van der Waals surface area (Å²) in [6, 6.07) is 8.52. The molecule has 0 heterocycles. The molecule has 0 unspecified atom stereocenters. The number of allylic oxidation sites excluding steroid dienone is 1. The van der Waals surface area contributed by atoms with Crippen molar-refractivity contribution >= 4 is 17.5 Å². The first kappa shape index (κ1) is 19.2. The number of methoxy groups -OCH3 is 4. The fourth-order valence-corrected chi connectivity index (χ4v) is 2.64. The highest BCUT2D eigenvalue weighted by Gasteiger charge is 2.16. The van der Waals surface area contributed by atoms with Gasteiger partial charge in [-0.05, 0) is 48.9 Å². The van der Waals surface area contributed by atoms with Crippen LogP contribution in [0.25, 0.3) is 6.08 Å². The SMILES string of the molecule is COc1ccc(C(=O)C(C)=Cc2ccc(OC)c(OC)c2OC)cc1N. The van der Waals surface area contributed by atoms with Crippen LogP contribution in [0.1, 0.15) is 22.8 Å². The third-order valence-corrected chi connectivity index (χ3v) is 3.96. The third kappa shape index (κ3) is 3.74. The molecule has 2 aromatic carbocycles. The molecule has 138 valence electrons. The van der Waals surface area contributed by atoms with Gasteiger partial charge >= 0.3 is 0 Å². The Kier molecular flexibility index (Phi) is 6.11. The van der Waals surface area contributed by atoms with E-state index in [0.717, 1.165) is 0 Å². The van der Waals surface area contributed by atoms with Gasteiger partial charge in [-0.2, -0.15) is 0 Å². The number of carbonyl (C=O) groups is 1. The zero-order chi connectivity index (χ0) is 19.3. The molecule has 26 heavy (non-hydrogen) atoms. The number of nitrogen functional groups attached to an aromatic ring is 1. The smallest absolute Gasteiger partial charge is 0.203 e. The Hall–Kier alpha value is -3.15. The summed E-state index contributed by atoms with van der Waals surface area (Å²) in [5.74, 6) is 1.90. The van der Waals surface area contributed by atoms with Gasteiger partial charge in [0.05, 0.1) is 34.1 Å². The summed E-state index contributed by atoms with van der Waals surface area (Å²) in [5.41, 5.74) is 8.02. The number of hydrogen-bond donors (Lipinski definition) is 1. The maximum absolute atomic E-state index is 12.7. The molecular formula is C20H23NO5. The number of ether oxygens (including phenoxy) is 4. The summed E-state index contributed by atoms with van der Waals surface area (Å²) in [6.45, 7) is 1.74. The Morgan fingerprint density at radius 1 is 0.885 bits per heavy atom. The number of rotatable bonds is 7. The Balaban J connectivity index is 2.43. The molecule has 0 aliphatic carbocycles. The summed E-state index contributed by atoms with van der Waals surface area (Å²) in [6.07, 6.45) is 1.74. The molecule has 0 aromatic heterocycles. The van der Waals surface area contributed by atoms with E-state index >= 15 is 0 Å². The van der Waals surface area contributed by atoms with Gasteiger partial charge in [-0.25, -0.2) is 0 Å². The minimum absolute atomic E-state index is 0.142. The van der Waals surface area contributed by atoms with Gasteiger partial charge in [0.25, 0.3) is 0 Å². The van der Waals surface area contributed by atoms with E-state index < -0.39 is 0 Å². The summed E-state index contributed by atoms with van der Waals surface area (Å²) >= 11 is 0. The second kappa shape index (κ2) is 8.29. The van der Waals surface area contributed by atoms with Crippen LogP contribution in [-0.2, 0) is 0 Å². The maximum atomic E-state index is 12.7. The Morgan fingerprint density at radius 2 is 1.50 bits per heavy atom. The van der Waals surface area contributed by atoms with Crippen molar-refractivity contribution in [2.24, 2.45) is 0 Å². The summed E-state index contributed by atoms with van der Waals surface area (Å²) in [5, 5.41) is 0. The molecule has 6 nitrogen and oxygen atoms in total. The zero-order valence-corrected chi connectivity index (χ0v) is 15.6. The van der Waals surface area contributed by atoms with E-state index in [1.165, 1.54) is 21.3 Å². The lowest BCUT2D eigenvalue weighted by atomic mass is 10.0. The number of anilines is 1. The number of benzene rings is 2. The molecule has 6 heteroatoms. The Morgan fingerprint density at radius 3 is 2.04 bits per heavy atom. The third-order valence-electron chi connectivity index (χ3n) is 3.96. The molecule has 2 rings (SSSR count). The first-order valence-electron chi connectivity index (χ1n) is 7.92. The molecule has 0 aliphatic heterocycles. The average molecular weight is 357 g/mol. The minimum Gasteiger partial charge on any atom is -0.495 e. The second-order valence-corrected chi connectivity index (χ2v) is 5.54. The second-order valence-electron chi connectivity index (χ2n) is 5.54. The first-order valence-corrected chi connectivity index (χ1v) is 7.92. The number of Topliss-reactive ketones (excluding diaryl/α,β-unsaturated/α-hetero) is 1. The molecule has 0 spiro atoms. The lowest BCUT2D eigenvalue weighted by Gasteiger charge is -2.14. The van der Waals surface area contributed by atoms with E-state index in [1.807, 2.05) is 0 Å². The highest BCUT2D eigenvalue weighted by molar-refractivity contribution is 6.11. The average Bonchev–Trinajstić information content (AvgIpc) is 2.66. The van der Waals surface area contributed by atoms with Gasteiger partial charge in [-0.1, -0.05) is 0 Å². The Labute approximate surface area is 153 Å². The molecular weight excluding hydrogens is 334 g/mol. The van der Waals surface area contributed by atoms with E-state index in [-0.39, 0.29) is 5.78 Å². The van der Waals surface area contributed by atoms with Crippen LogP contribution in [0, 0.1) is 0 Å². The topological polar surface area (TPSA) is 80.0 Å². The normalized spacial score (nSPS) is 11.0. The molecule has 0 amide bonds. The van der Waals surface area contributed by atoms with Crippen molar-refractivity contribution in [1.82, 2.24) is 0 Å². The number of ketones is 1. The molecule has 0 saturated heterocycles. The van der Waals surface area contributed by atoms with Crippen molar-refractivity contribution in [3.8, 4) is 23.0 Å². The van der Waals surface area contributed by atoms with Gasteiger partial charge in [0, 0.05) is 11.1 Å². The summed E-state index contributed by atoms with van der Waals surface area (Å²) in [4.78, 5) is 12.7. The van der Waals surface area contributed by atoms with Gasteiger partial charge < -0.3 is 24.7 Å². The molecule has 2 aromatic rings. The van der Waals surface area contributed by atoms with Gasteiger partial charge in [0.15, 0.2) is 17.3 Å². The van der Waals surface area contributed by atoms with Gasteiger partial charge in [0.2, 0.25) is 5.75 Å². The van der Waals surface area contributed by atoms with Crippen LogP contribution in [0.4, 0.5) is 5.69 Å². The Bertz CT molecular complexity index is 842. The molecule has 0 radical (unpaired) electrons. The van der Waals surface area contributed by atoms with E-state index in [2.05, 4.69) is 0 Å². The fraction of sp³-hybridized carbons (Fsp3) is 0.250. The molecule has 0 fully saturated rings. The lowest BCUT2D eigenvalue weighted by Crippen LogP contribution is -2.03. The highest BCUT2D eigenvalue weighted by atomic mass is 16.5. The van der Waals surface area contributed by atoms with Crippen LogP contribution in [0.3, 0.4) is 0 Å². The maximum Gasteiger partial charge on any atom is 0.203 e. The van der Waals surface area contributed by atoms with Gasteiger partial charge in [0.1, 0.15) is 5.75 Å². The molecule has 0 aliphatic rings. The van der Waals surface area contributed by atoms with Crippen LogP contribution in [0.2, 0.25) is 0 Å². The summed E-state index contributed by atoms with van der Waals surface area (Å²) < 4.78 is 21.2. The van der Waals surface area contributed by atoms with Crippen LogP contribution in [0.5, 0.6) is 23.0 Å². The van der Waals surface area contributed by atoms with Gasteiger partial charge in [-0.15, -0.1) is 0 Å². The van der Waals surface area contributed by atoms with Crippen molar-refractivity contribution in [1.29, 1.82) is 0 Å². The van der Waals surface area contributed by atoms with Crippen molar-refractivity contribution < 1.29 is 23.7 Å². The minimum atomic E-state index is -0.142. The number of hydrogen-bond acceptors (Lipinski definition) is 6. The van der Waals surface area contributed by atoms with Crippen molar-refractivity contribution in [2.45, 2.75) is 6.92 Å². The molecule has 2 N–H and O–H groups in total. The quantitative estimate of drug-likeness (QED) is 0.463. The van der Waals surface area contributed by atoms with Crippen LogP contribution < -0.4 is 24.7 Å². The summed E-state index contributed by atoms with van der Waals surface area (Å²) in [7, 11) is 6.15. The van der Waals surface area contributed by atoms with Crippen LogP contribution >= 0.6 is 0 Å². The van der Waals surface area contributed by atoms with Gasteiger partial charge in [-0.3, -0.25) is 4.79 Å². The lowest BCUT2D eigenvalue weighted by molar-refractivity contribution is 0.103. The highest BCUT2D eigenvalue weighted by Crippen LogP contribution is 2.40. The van der Waals surface area contributed by atoms with Crippen LogP contribution in [-0.4, -0.2) is 34.2 Å². The zero-order valence-electron chi connectivity index (χ0n) is 15.6. The molecule has 0 saturated carbocycles. The van der Waals surface area contributed by atoms with Crippen LogP contribution in [0.15, 0.2) is 35.9 Å². The predicted octanol–water partition coefficient (Wildman–Crippen LogP) is 3.59. The standard InChI is InChI=1S/C20H23NO5/c1-12(18(22)13-6-8-16(23-2)15(21)11-13)10-14-7-9-17(24-3)20(26-5)19(14)25-4/h6-11H,21H2,1-5H3. The first-order chi connectivity index (χ1) is 12.5. The van der Waals surface area contributed by atoms with E-state index in [4.69, 9.17) is 24.7 Å². The van der Waals surface area contributed by atoms with E-state index in [1.54, 1.807) is 50.4 Å². The van der Waals surface area contributed by atoms with Crippen molar-refractivity contribution in [2.75, 3.05) is 34.2 Å². The largest absolute Gasteiger partial charge is 0.495 e. The molecule has 0 bridgehead atoms. The molecule has 0 atom stereocenters. The fourth-order valence-electron chi connectivity index (χ4n) is 2.64. The van der Waals surface area contributed by atoms with E-state index in [0.29, 0.717) is 45.4 Å². The predicted molar refractivity (Wildman–Crippen MR) is 101 cm³/mol. The monoisotopic (exact) mass is 357 g/mol. The van der Waals surface area contributed by atoms with Crippen molar-refractivity contribution in [3.63, 3.8) is 0 Å². The van der Waals surface area contributed by atoms with Crippen molar-refractivity contribution in [3.05, 3.63) is 47.0 Å². The van der Waals surface area contributed by atoms with E-state index in [9.17, 15) is 4.79 Å². The number of carbonyl (C=O) groups excluding carboxylic acids is 1.